The van der Waals surface area contributed by atoms with Crippen molar-refractivity contribution >= 4 is 11.6 Å². The number of rotatable bonds is 3. The number of amides is 1. The number of benzene rings is 1. The summed E-state index contributed by atoms with van der Waals surface area (Å²) < 4.78 is 0. The van der Waals surface area contributed by atoms with Gasteiger partial charge in [0.2, 0.25) is 5.82 Å². The van der Waals surface area contributed by atoms with Gasteiger partial charge in [0, 0.05) is 12.2 Å². The Kier molecular flexibility index (Phi) is 3.27. The molecule has 0 fully saturated rings. The smallest absolute Gasteiger partial charge is 0.306 e. The highest BCUT2D eigenvalue weighted by Crippen LogP contribution is 2.17. The molecule has 2 aromatic rings. The summed E-state index contributed by atoms with van der Waals surface area (Å²) in [6.45, 7) is 4.32. The fourth-order valence-electron chi connectivity index (χ4n) is 1.74. The molecule has 0 aliphatic carbocycles. The van der Waals surface area contributed by atoms with Crippen LogP contribution < -0.4 is 10.6 Å². The van der Waals surface area contributed by atoms with Crippen LogP contribution in [0.25, 0.3) is 0 Å². The molecule has 1 aromatic heterocycles. The summed E-state index contributed by atoms with van der Waals surface area (Å²) in [6.07, 6.45) is 0. The second-order valence-electron chi connectivity index (χ2n) is 3.91. The van der Waals surface area contributed by atoms with Crippen LogP contribution in [0.5, 0.6) is 0 Å². The monoisotopic (exact) mass is 246 g/mol. The van der Waals surface area contributed by atoms with Crippen LogP contribution in [-0.4, -0.2) is 27.6 Å². The lowest BCUT2D eigenvalue weighted by Crippen LogP contribution is -2.31. The highest BCUT2D eigenvalue weighted by Gasteiger charge is 2.19. The summed E-state index contributed by atoms with van der Waals surface area (Å²) in [7, 11) is 0. The van der Waals surface area contributed by atoms with E-state index in [0.29, 0.717) is 6.54 Å². The Morgan fingerprint density at radius 3 is 2.78 bits per heavy atom. The molecule has 6 heteroatoms. The third-order valence-corrected chi connectivity index (χ3v) is 2.58. The number of carbonyl (C=O) groups excluding carboxylic acids is 1. The molecule has 0 atom stereocenters. The van der Waals surface area contributed by atoms with Gasteiger partial charge in [-0.2, -0.15) is 0 Å². The summed E-state index contributed by atoms with van der Waals surface area (Å²) in [5, 5.41) is 5.83. The first kappa shape index (κ1) is 12.1. The summed E-state index contributed by atoms with van der Waals surface area (Å²) >= 11 is 0. The van der Waals surface area contributed by atoms with E-state index in [1.807, 2.05) is 38.1 Å². The van der Waals surface area contributed by atoms with E-state index in [9.17, 15) is 9.59 Å². The molecule has 0 saturated heterocycles. The van der Waals surface area contributed by atoms with E-state index >= 15 is 0 Å². The van der Waals surface area contributed by atoms with E-state index < -0.39 is 5.69 Å². The van der Waals surface area contributed by atoms with E-state index in [4.69, 9.17) is 0 Å². The molecule has 2 N–H and O–H groups in total. The topological polar surface area (TPSA) is 81.8 Å². The molecule has 0 unspecified atom stereocenters. The molecule has 94 valence electrons. The molecule has 1 amide bonds. The second kappa shape index (κ2) is 4.87. The van der Waals surface area contributed by atoms with Crippen LogP contribution in [0.2, 0.25) is 0 Å². The maximum Gasteiger partial charge on any atom is 0.341 e. The first-order valence-electron chi connectivity index (χ1n) is 5.65. The van der Waals surface area contributed by atoms with Crippen LogP contribution >= 0.6 is 0 Å². The van der Waals surface area contributed by atoms with Crippen LogP contribution in [0, 0.1) is 6.92 Å². The van der Waals surface area contributed by atoms with Gasteiger partial charge in [-0.15, -0.1) is 5.10 Å². The van der Waals surface area contributed by atoms with Crippen molar-refractivity contribution in [3.05, 3.63) is 46.1 Å². The lowest BCUT2D eigenvalue weighted by Gasteiger charge is -2.19. The predicted octanol–water partition coefficient (Wildman–Crippen LogP) is 1.07. The summed E-state index contributed by atoms with van der Waals surface area (Å²) in [5.74, 6) is -0.315. The molecule has 0 spiro atoms. The minimum absolute atomic E-state index is 0.0170. The molecule has 0 aliphatic heterocycles. The molecule has 2 rings (SSSR count). The Morgan fingerprint density at radius 1 is 1.44 bits per heavy atom. The van der Waals surface area contributed by atoms with Crippen molar-refractivity contribution in [1.82, 2.24) is 15.2 Å². The summed E-state index contributed by atoms with van der Waals surface area (Å²) in [5.41, 5.74) is 1.36. The van der Waals surface area contributed by atoms with E-state index in [-0.39, 0.29) is 11.7 Å². The van der Waals surface area contributed by atoms with Crippen LogP contribution in [0.15, 0.2) is 29.1 Å². The summed E-state index contributed by atoms with van der Waals surface area (Å²) in [6, 6.07) is 7.59. The number of nitrogens with zero attached hydrogens (tertiary/aromatic N) is 2. The van der Waals surface area contributed by atoms with Crippen molar-refractivity contribution in [3.63, 3.8) is 0 Å². The average molecular weight is 246 g/mol. The minimum Gasteiger partial charge on any atom is -0.306 e. The van der Waals surface area contributed by atoms with Crippen LogP contribution in [0.4, 0.5) is 5.69 Å². The van der Waals surface area contributed by atoms with Gasteiger partial charge in [-0.1, -0.05) is 12.1 Å². The molecule has 1 aromatic carbocycles. The molecule has 18 heavy (non-hydrogen) atoms. The van der Waals surface area contributed by atoms with E-state index in [1.165, 1.54) is 0 Å². The Balaban J connectivity index is 2.34. The van der Waals surface area contributed by atoms with Gasteiger partial charge in [0.1, 0.15) is 0 Å². The van der Waals surface area contributed by atoms with Gasteiger partial charge in [-0.3, -0.25) is 9.78 Å². The molecule has 0 saturated carbocycles. The highest BCUT2D eigenvalue weighted by atomic mass is 16.2. The average Bonchev–Trinajstić information content (AvgIpc) is 2.77. The zero-order valence-corrected chi connectivity index (χ0v) is 10.2. The van der Waals surface area contributed by atoms with E-state index in [1.54, 1.807) is 4.90 Å². The largest absolute Gasteiger partial charge is 0.341 e. The van der Waals surface area contributed by atoms with Crippen molar-refractivity contribution in [2.75, 3.05) is 11.4 Å². The number of hydrogen-bond donors (Lipinski definition) is 2. The Hall–Kier alpha value is -2.37. The fraction of sp³-hybridized carbons (Fsp3) is 0.250. The number of carbonyl (C=O) groups is 1. The molecule has 0 radical (unpaired) electrons. The second-order valence-corrected chi connectivity index (χ2v) is 3.91. The van der Waals surface area contributed by atoms with Crippen LogP contribution in [-0.2, 0) is 0 Å². The van der Waals surface area contributed by atoms with Crippen molar-refractivity contribution in [1.29, 1.82) is 0 Å². The van der Waals surface area contributed by atoms with E-state index in [2.05, 4.69) is 15.2 Å². The first-order chi connectivity index (χ1) is 8.61. The number of aromatic nitrogens is 3. The number of aromatic amines is 2. The maximum atomic E-state index is 12.2. The molecule has 0 bridgehead atoms. The lowest BCUT2D eigenvalue weighted by molar-refractivity contribution is 0.0978. The number of nitrogens with one attached hydrogen (secondary N) is 2. The Morgan fingerprint density at radius 2 is 2.22 bits per heavy atom. The third-order valence-electron chi connectivity index (χ3n) is 2.58. The van der Waals surface area contributed by atoms with Crippen molar-refractivity contribution in [3.8, 4) is 0 Å². The Bertz CT molecular complexity index is 614. The van der Waals surface area contributed by atoms with Gasteiger partial charge in [0.05, 0.1) is 0 Å². The SMILES string of the molecule is CCN(C(=O)c1n[nH]c(=O)[nH]1)c1cccc(C)c1. The van der Waals surface area contributed by atoms with Gasteiger partial charge < -0.3 is 4.90 Å². The normalized spacial score (nSPS) is 10.3. The molecule has 6 nitrogen and oxygen atoms in total. The van der Waals surface area contributed by atoms with E-state index in [0.717, 1.165) is 11.3 Å². The van der Waals surface area contributed by atoms with Crippen molar-refractivity contribution < 1.29 is 4.79 Å². The third kappa shape index (κ3) is 2.32. The summed E-state index contributed by atoms with van der Waals surface area (Å²) in [4.78, 5) is 27.0. The fourth-order valence-corrected chi connectivity index (χ4v) is 1.74. The standard InChI is InChI=1S/C12H14N4O2/c1-3-16(9-6-4-5-8(2)7-9)11(17)10-13-12(18)15-14-10/h4-7H,3H2,1-2H3,(H2,13,14,15,18). The van der Waals surface area contributed by atoms with Gasteiger partial charge in [0.15, 0.2) is 0 Å². The van der Waals surface area contributed by atoms with Gasteiger partial charge in [-0.25, -0.2) is 9.89 Å². The zero-order chi connectivity index (χ0) is 13.1. The number of anilines is 1. The molecule has 0 aliphatic rings. The minimum atomic E-state index is -0.487. The van der Waals surface area contributed by atoms with Crippen LogP contribution in [0.3, 0.4) is 0 Å². The predicted molar refractivity (Wildman–Crippen MR) is 67.7 cm³/mol. The number of hydrogen-bond acceptors (Lipinski definition) is 3. The quantitative estimate of drug-likeness (QED) is 0.850. The van der Waals surface area contributed by atoms with Crippen molar-refractivity contribution in [2.45, 2.75) is 13.8 Å². The van der Waals surface area contributed by atoms with Crippen LogP contribution in [0.1, 0.15) is 23.1 Å². The van der Waals surface area contributed by atoms with Gasteiger partial charge in [0.25, 0.3) is 5.91 Å². The molecular weight excluding hydrogens is 232 g/mol. The number of aryl methyl sites for hydroxylation is 1. The molecule has 1 heterocycles. The maximum absolute atomic E-state index is 12.2. The number of H-pyrrole nitrogens is 2. The lowest BCUT2D eigenvalue weighted by atomic mass is 10.2. The van der Waals surface area contributed by atoms with Gasteiger partial charge >= 0.3 is 5.69 Å². The zero-order valence-electron chi connectivity index (χ0n) is 10.2. The Labute approximate surface area is 104 Å². The molecular formula is C12H14N4O2. The highest BCUT2D eigenvalue weighted by molar-refractivity contribution is 6.03. The van der Waals surface area contributed by atoms with Gasteiger partial charge in [-0.05, 0) is 31.5 Å². The van der Waals surface area contributed by atoms with Crippen molar-refractivity contribution in [2.24, 2.45) is 0 Å². The first-order valence-corrected chi connectivity index (χ1v) is 5.65.